The molecule has 1 atom stereocenters. The van der Waals surface area contributed by atoms with Gasteiger partial charge in [0.15, 0.2) is 0 Å². The van der Waals surface area contributed by atoms with Crippen molar-refractivity contribution in [1.29, 1.82) is 0 Å². The molecule has 0 aliphatic heterocycles. The van der Waals surface area contributed by atoms with Crippen LogP contribution in [0.5, 0.6) is 0 Å². The van der Waals surface area contributed by atoms with Gasteiger partial charge < -0.3 is 5.32 Å². The average molecular weight is 307 g/mol. The molecule has 2 aromatic heterocycles. The Labute approximate surface area is 123 Å². The highest BCUT2D eigenvalue weighted by molar-refractivity contribution is 7.89. The van der Waals surface area contributed by atoms with Crippen molar-refractivity contribution < 1.29 is 8.42 Å². The van der Waals surface area contributed by atoms with E-state index in [1.165, 1.54) is 12.4 Å². The van der Waals surface area contributed by atoms with E-state index in [1.807, 2.05) is 6.92 Å². The quantitative estimate of drug-likeness (QED) is 0.836. The van der Waals surface area contributed by atoms with E-state index in [0.29, 0.717) is 18.2 Å². The summed E-state index contributed by atoms with van der Waals surface area (Å²) in [5, 5.41) is 2.91. The Bertz CT molecular complexity index is 673. The van der Waals surface area contributed by atoms with Crippen molar-refractivity contribution >= 4 is 16.0 Å². The fourth-order valence-electron chi connectivity index (χ4n) is 1.70. The minimum atomic E-state index is -3.68. The molecule has 1 unspecified atom stereocenters. The largest absolute Gasteiger partial charge is 0.355 e. The van der Waals surface area contributed by atoms with Crippen LogP contribution in [0, 0.1) is 0 Å². The molecule has 0 bridgehead atoms. The van der Waals surface area contributed by atoms with Crippen LogP contribution in [0.15, 0.2) is 41.7 Å². The zero-order valence-electron chi connectivity index (χ0n) is 11.8. The smallest absolute Gasteiger partial charge is 0.244 e. The first kappa shape index (κ1) is 15.3. The molecule has 2 N–H and O–H groups in total. The number of hydrogen-bond donors (Lipinski definition) is 2. The van der Waals surface area contributed by atoms with Crippen molar-refractivity contribution in [2.75, 3.05) is 11.9 Å². The van der Waals surface area contributed by atoms with Gasteiger partial charge in [-0.05, 0) is 26.0 Å². The van der Waals surface area contributed by atoms with Crippen molar-refractivity contribution in [3.05, 3.63) is 42.5 Å². The molecule has 0 aliphatic carbocycles. The highest BCUT2D eigenvalue weighted by Gasteiger charge is 2.19. The van der Waals surface area contributed by atoms with Crippen molar-refractivity contribution in [2.24, 2.45) is 0 Å². The molecule has 112 valence electrons. The second kappa shape index (κ2) is 6.59. The standard InChI is InChI=1S/C13H17N5O2S/c1-3-14-13-16-8-11(9-17-13)21(19,20)18-10(2)12-6-4-5-7-15-12/h4-10,18H,3H2,1-2H3,(H,14,16,17). The average Bonchev–Trinajstić information content (AvgIpc) is 2.48. The summed E-state index contributed by atoms with van der Waals surface area (Å²) in [6.45, 7) is 4.30. The predicted octanol–water partition coefficient (Wildman–Crippen LogP) is 1.34. The Morgan fingerprint density at radius 3 is 2.48 bits per heavy atom. The molecule has 0 aromatic carbocycles. The summed E-state index contributed by atoms with van der Waals surface area (Å²) in [6, 6.07) is 4.90. The number of pyridine rings is 1. The van der Waals surface area contributed by atoms with E-state index in [9.17, 15) is 8.42 Å². The normalized spacial score (nSPS) is 12.9. The van der Waals surface area contributed by atoms with Gasteiger partial charge in [-0.3, -0.25) is 4.98 Å². The zero-order chi connectivity index (χ0) is 15.3. The Morgan fingerprint density at radius 1 is 1.19 bits per heavy atom. The molecule has 0 amide bonds. The number of nitrogens with zero attached hydrogens (tertiary/aromatic N) is 3. The van der Waals surface area contributed by atoms with Crippen molar-refractivity contribution in [2.45, 2.75) is 24.8 Å². The van der Waals surface area contributed by atoms with Gasteiger partial charge >= 0.3 is 0 Å². The van der Waals surface area contributed by atoms with Gasteiger partial charge in [0.1, 0.15) is 4.90 Å². The van der Waals surface area contributed by atoms with E-state index in [-0.39, 0.29) is 4.90 Å². The summed E-state index contributed by atoms with van der Waals surface area (Å²) in [7, 11) is -3.68. The van der Waals surface area contributed by atoms with E-state index in [2.05, 4.69) is 25.0 Å². The van der Waals surface area contributed by atoms with Crippen LogP contribution in [0.2, 0.25) is 0 Å². The maximum atomic E-state index is 12.2. The number of sulfonamides is 1. The van der Waals surface area contributed by atoms with E-state index < -0.39 is 16.1 Å². The monoisotopic (exact) mass is 307 g/mol. The molecule has 8 heteroatoms. The molecule has 21 heavy (non-hydrogen) atoms. The maximum absolute atomic E-state index is 12.2. The molecule has 2 heterocycles. The topological polar surface area (TPSA) is 96.9 Å². The molecule has 0 radical (unpaired) electrons. The Balaban J connectivity index is 2.14. The lowest BCUT2D eigenvalue weighted by molar-refractivity contribution is 0.563. The number of nitrogens with one attached hydrogen (secondary N) is 2. The van der Waals surface area contributed by atoms with Gasteiger partial charge in [-0.1, -0.05) is 6.07 Å². The molecule has 0 aliphatic rings. The molecular formula is C13H17N5O2S. The lowest BCUT2D eigenvalue weighted by Gasteiger charge is -2.13. The summed E-state index contributed by atoms with van der Waals surface area (Å²) in [4.78, 5) is 12.1. The van der Waals surface area contributed by atoms with Crippen LogP contribution >= 0.6 is 0 Å². The summed E-state index contributed by atoms with van der Waals surface area (Å²) < 4.78 is 27.0. The van der Waals surface area contributed by atoms with E-state index in [1.54, 1.807) is 31.3 Å². The first-order valence-electron chi connectivity index (χ1n) is 6.52. The Morgan fingerprint density at radius 2 is 1.90 bits per heavy atom. The van der Waals surface area contributed by atoms with Crippen LogP contribution in [0.1, 0.15) is 25.6 Å². The minimum absolute atomic E-state index is 0.0203. The third kappa shape index (κ3) is 3.96. The summed E-state index contributed by atoms with van der Waals surface area (Å²) >= 11 is 0. The Hall–Kier alpha value is -2.06. The van der Waals surface area contributed by atoms with Crippen molar-refractivity contribution in [1.82, 2.24) is 19.7 Å². The molecule has 0 saturated carbocycles. The number of hydrogen-bond acceptors (Lipinski definition) is 6. The maximum Gasteiger partial charge on any atom is 0.244 e. The SMILES string of the molecule is CCNc1ncc(S(=O)(=O)NC(C)c2ccccn2)cn1. The van der Waals surface area contributed by atoms with Crippen LogP contribution < -0.4 is 10.0 Å². The van der Waals surface area contributed by atoms with Crippen LogP contribution in [0.25, 0.3) is 0 Å². The molecule has 7 nitrogen and oxygen atoms in total. The number of aromatic nitrogens is 3. The number of rotatable bonds is 6. The summed E-state index contributed by atoms with van der Waals surface area (Å²) in [5.41, 5.74) is 0.645. The lowest BCUT2D eigenvalue weighted by atomic mass is 10.2. The Kier molecular flexibility index (Phi) is 4.81. The molecule has 0 saturated heterocycles. The van der Waals surface area contributed by atoms with Crippen LogP contribution in [0.4, 0.5) is 5.95 Å². The first-order valence-corrected chi connectivity index (χ1v) is 8.00. The second-order valence-electron chi connectivity index (χ2n) is 4.37. The number of anilines is 1. The van der Waals surface area contributed by atoms with Gasteiger partial charge in [0, 0.05) is 12.7 Å². The van der Waals surface area contributed by atoms with E-state index in [0.717, 1.165) is 0 Å². The molecular weight excluding hydrogens is 290 g/mol. The minimum Gasteiger partial charge on any atom is -0.355 e. The highest BCUT2D eigenvalue weighted by atomic mass is 32.2. The van der Waals surface area contributed by atoms with E-state index >= 15 is 0 Å². The van der Waals surface area contributed by atoms with Gasteiger partial charge in [0.25, 0.3) is 0 Å². The van der Waals surface area contributed by atoms with Crippen LogP contribution in [-0.4, -0.2) is 29.9 Å². The zero-order valence-corrected chi connectivity index (χ0v) is 12.6. The van der Waals surface area contributed by atoms with Gasteiger partial charge in [-0.25, -0.2) is 23.1 Å². The predicted molar refractivity (Wildman–Crippen MR) is 79.2 cm³/mol. The third-order valence-electron chi connectivity index (χ3n) is 2.74. The summed E-state index contributed by atoms with van der Waals surface area (Å²) in [5.74, 6) is 0.397. The van der Waals surface area contributed by atoms with Crippen molar-refractivity contribution in [3.63, 3.8) is 0 Å². The molecule has 2 aromatic rings. The van der Waals surface area contributed by atoms with Crippen molar-refractivity contribution in [3.8, 4) is 0 Å². The van der Waals surface area contributed by atoms with Crippen LogP contribution in [-0.2, 0) is 10.0 Å². The highest BCUT2D eigenvalue weighted by Crippen LogP contribution is 2.14. The van der Waals surface area contributed by atoms with Crippen LogP contribution in [0.3, 0.4) is 0 Å². The molecule has 0 spiro atoms. The van der Waals surface area contributed by atoms with Gasteiger partial charge in [0.2, 0.25) is 16.0 Å². The lowest BCUT2D eigenvalue weighted by Crippen LogP contribution is -2.27. The fourth-order valence-corrected chi connectivity index (χ4v) is 2.80. The molecule has 2 rings (SSSR count). The first-order chi connectivity index (χ1) is 10.0. The second-order valence-corrected chi connectivity index (χ2v) is 6.08. The molecule has 0 fully saturated rings. The van der Waals surface area contributed by atoms with Gasteiger partial charge in [-0.15, -0.1) is 0 Å². The third-order valence-corrected chi connectivity index (χ3v) is 4.23. The van der Waals surface area contributed by atoms with Gasteiger partial charge in [0.05, 0.1) is 24.1 Å². The van der Waals surface area contributed by atoms with Gasteiger partial charge in [-0.2, -0.15) is 0 Å². The summed E-state index contributed by atoms with van der Waals surface area (Å²) in [6.07, 6.45) is 4.17. The van der Waals surface area contributed by atoms with E-state index in [4.69, 9.17) is 0 Å². The fraction of sp³-hybridized carbons (Fsp3) is 0.308.